The van der Waals surface area contributed by atoms with Gasteiger partial charge in [0.15, 0.2) is 11.5 Å². The Hall–Kier alpha value is -3.16. The van der Waals surface area contributed by atoms with E-state index in [0.29, 0.717) is 23.8 Å². The lowest BCUT2D eigenvalue weighted by atomic mass is 10.3. The predicted octanol–water partition coefficient (Wildman–Crippen LogP) is 2.52. The van der Waals surface area contributed by atoms with Gasteiger partial charge in [-0.15, -0.1) is 0 Å². The van der Waals surface area contributed by atoms with Crippen molar-refractivity contribution in [3.63, 3.8) is 0 Å². The maximum atomic E-state index is 11.6. The molecule has 0 radical (unpaired) electrons. The molecule has 0 bridgehead atoms. The van der Waals surface area contributed by atoms with Crippen molar-refractivity contribution in [2.45, 2.75) is 19.3 Å². The van der Waals surface area contributed by atoms with Crippen LogP contribution in [-0.4, -0.2) is 50.4 Å². The first-order valence-corrected chi connectivity index (χ1v) is 8.84. The van der Waals surface area contributed by atoms with Gasteiger partial charge < -0.3 is 20.5 Å². The molecule has 0 spiro atoms. The van der Waals surface area contributed by atoms with Crippen molar-refractivity contribution in [1.29, 1.82) is 0 Å². The van der Waals surface area contributed by atoms with E-state index < -0.39 is 0 Å². The fourth-order valence-corrected chi connectivity index (χ4v) is 3.08. The van der Waals surface area contributed by atoms with Gasteiger partial charge in [-0.3, -0.25) is 4.79 Å². The summed E-state index contributed by atoms with van der Waals surface area (Å²) < 4.78 is 0. The number of fused-ring (bicyclic) bond motifs is 1. The number of hydrogen-bond acceptors (Lipinski definition) is 6. The number of imidazole rings is 1. The Balaban J connectivity index is 1.39. The van der Waals surface area contributed by atoms with Gasteiger partial charge in [-0.05, 0) is 25.0 Å². The number of nitrogens with zero attached hydrogens (tertiary/aromatic N) is 4. The van der Waals surface area contributed by atoms with Gasteiger partial charge in [0.1, 0.15) is 11.8 Å². The van der Waals surface area contributed by atoms with Crippen LogP contribution in [0.2, 0.25) is 0 Å². The largest absolute Gasteiger partial charge is 0.356 e. The standard InChI is InChI=1S/C18H21N7O/c26-14-8-4-10-25(14)11-5-9-19-18-23-15-16(20-12-21-17(15)24-18)22-13-6-2-1-3-7-13/h1-3,6-7,12H,4-5,8-11H2,(H3,19,20,21,22,23,24). The molecule has 8 nitrogen and oxygen atoms in total. The number of likely N-dealkylation sites (tertiary alicyclic amines) is 1. The fourth-order valence-electron chi connectivity index (χ4n) is 3.08. The van der Waals surface area contributed by atoms with Crippen molar-refractivity contribution in [2.75, 3.05) is 30.3 Å². The van der Waals surface area contributed by atoms with Gasteiger partial charge in [-0.25, -0.2) is 9.97 Å². The summed E-state index contributed by atoms with van der Waals surface area (Å²) in [5, 5.41) is 6.54. The summed E-state index contributed by atoms with van der Waals surface area (Å²) >= 11 is 0. The van der Waals surface area contributed by atoms with E-state index in [-0.39, 0.29) is 5.91 Å². The fraction of sp³-hybridized carbons (Fsp3) is 0.333. The minimum absolute atomic E-state index is 0.264. The number of amides is 1. The Kier molecular flexibility index (Phi) is 4.63. The van der Waals surface area contributed by atoms with E-state index >= 15 is 0 Å². The summed E-state index contributed by atoms with van der Waals surface area (Å²) in [5.41, 5.74) is 2.32. The summed E-state index contributed by atoms with van der Waals surface area (Å²) in [6.07, 6.45) is 4.04. The molecule has 1 amide bonds. The van der Waals surface area contributed by atoms with Crippen LogP contribution >= 0.6 is 0 Å². The van der Waals surface area contributed by atoms with Crippen molar-refractivity contribution >= 4 is 34.5 Å². The zero-order valence-electron chi connectivity index (χ0n) is 14.4. The number of para-hydroxylation sites is 1. The van der Waals surface area contributed by atoms with E-state index in [9.17, 15) is 4.79 Å². The molecule has 2 aromatic heterocycles. The number of benzene rings is 1. The van der Waals surface area contributed by atoms with E-state index in [1.807, 2.05) is 35.2 Å². The lowest BCUT2D eigenvalue weighted by Gasteiger charge is -2.14. The zero-order valence-corrected chi connectivity index (χ0v) is 14.4. The number of H-pyrrole nitrogens is 1. The number of aromatic nitrogens is 4. The Bertz CT molecular complexity index is 893. The zero-order chi connectivity index (χ0) is 17.8. The van der Waals surface area contributed by atoms with Crippen LogP contribution < -0.4 is 10.6 Å². The Morgan fingerprint density at radius 3 is 2.88 bits per heavy atom. The summed E-state index contributed by atoms with van der Waals surface area (Å²) in [4.78, 5) is 29.8. The molecule has 0 saturated carbocycles. The smallest absolute Gasteiger partial charge is 0.222 e. The van der Waals surface area contributed by atoms with Crippen LogP contribution in [0.1, 0.15) is 19.3 Å². The van der Waals surface area contributed by atoms with Crippen molar-refractivity contribution in [1.82, 2.24) is 24.8 Å². The van der Waals surface area contributed by atoms with Crippen LogP contribution in [0.4, 0.5) is 17.5 Å². The van der Waals surface area contributed by atoms with Gasteiger partial charge in [-0.1, -0.05) is 18.2 Å². The molecule has 1 aliphatic rings. The summed E-state index contributed by atoms with van der Waals surface area (Å²) in [7, 11) is 0. The monoisotopic (exact) mass is 351 g/mol. The number of rotatable bonds is 7. The lowest BCUT2D eigenvalue weighted by Crippen LogP contribution is -2.27. The molecular formula is C18H21N7O. The first-order chi connectivity index (χ1) is 12.8. The molecule has 0 unspecified atom stereocenters. The van der Waals surface area contributed by atoms with Crippen LogP contribution in [0.5, 0.6) is 0 Å². The van der Waals surface area contributed by atoms with Gasteiger partial charge in [0.2, 0.25) is 11.9 Å². The highest BCUT2D eigenvalue weighted by molar-refractivity contribution is 5.86. The van der Waals surface area contributed by atoms with Gasteiger partial charge >= 0.3 is 0 Å². The average Bonchev–Trinajstić information content (AvgIpc) is 3.26. The van der Waals surface area contributed by atoms with Crippen molar-refractivity contribution in [3.05, 3.63) is 36.7 Å². The number of carbonyl (C=O) groups excluding carboxylic acids is 1. The molecular weight excluding hydrogens is 330 g/mol. The average molecular weight is 351 g/mol. The van der Waals surface area contributed by atoms with E-state index in [4.69, 9.17) is 0 Å². The summed E-state index contributed by atoms with van der Waals surface area (Å²) in [6.45, 7) is 2.40. The Morgan fingerprint density at radius 1 is 1.19 bits per heavy atom. The van der Waals surface area contributed by atoms with Crippen molar-refractivity contribution in [2.24, 2.45) is 0 Å². The van der Waals surface area contributed by atoms with E-state index in [0.717, 1.165) is 43.7 Å². The van der Waals surface area contributed by atoms with Gasteiger partial charge in [0, 0.05) is 31.7 Å². The molecule has 8 heteroatoms. The first-order valence-electron chi connectivity index (χ1n) is 8.84. The molecule has 0 atom stereocenters. The summed E-state index contributed by atoms with van der Waals surface area (Å²) in [6, 6.07) is 9.85. The van der Waals surface area contributed by atoms with Crippen molar-refractivity contribution < 1.29 is 4.79 Å². The lowest BCUT2D eigenvalue weighted by molar-refractivity contribution is -0.127. The molecule has 0 aliphatic carbocycles. The van der Waals surface area contributed by atoms with Gasteiger partial charge in [0.25, 0.3) is 0 Å². The van der Waals surface area contributed by atoms with Crippen LogP contribution in [0.25, 0.3) is 11.2 Å². The Labute approximate surface area is 151 Å². The molecule has 3 heterocycles. The van der Waals surface area contributed by atoms with E-state index in [2.05, 4.69) is 30.6 Å². The molecule has 4 rings (SSSR count). The molecule has 134 valence electrons. The first kappa shape index (κ1) is 16.3. The van der Waals surface area contributed by atoms with E-state index in [1.165, 1.54) is 6.33 Å². The highest BCUT2D eigenvalue weighted by Crippen LogP contribution is 2.22. The normalized spacial score (nSPS) is 14.2. The van der Waals surface area contributed by atoms with Crippen LogP contribution in [0.3, 0.4) is 0 Å². The third-order valence-electron chi connectivity index (χ3n) is 4.39. The topological polar surface area (TPSA) is 98.8 Å². The minimum Gasteiger partial charge on any atom is -0.356 e. The third-order valence-corrected chi connectivity index (χ3v) is 4.39. The molecule has 3 N–H and O–H groups in total. The number of anilines is 3. The highest BCUT2D eigenvalue weighted by atomic mass is 16.2. The molecule has 1 fully saturated rings. The number of carbonyl (C=O) groups is 1. The van der Waals surface area contributed by atoms with E-state index in [1.54, 1.807) is 0 Å². The van der Waals surface area contributed by atoms with Crippen molar-refractivity contribution in [3.8, 4) is 0 Å². The number of nitrogens with one attached hydrogen (secondary N) is 3. The number of aromatic amines is 1. The minimum atomic E-state index is 0.264. The highest BCUT2D eigenvalue weighted by Gasteiger charge is 2.19. The maximum absolute atomic E-state index is 11.6. The summed E-state index contributed by atoms with van der Waals surface area (Å²) in [5.74, 6) is 1.61. The quantitative estimate of drug-likeness (QED) is 0.566. The van der Waals surface area contributed by atoms with Crippen LogP contribution in [0, 0.1) is 0 Å². The predicted molar refractivity (Wildman–Crippen MR) is 100 cm³/mol. The van der Waals surface area contributed by atoms with Crippen LogP contribution in [0.15, 0.2) is 36.7 Å². The SMILES string of the molecule is O=C1CCCN1CCCNc1nc2ncnc(Nc3ccccc3)c2[nH]1. The Morgan fingerprint density at radius 2 is 2.08 bits per heavy atom. The van der Waals surface area contributed by atoms with Crippen LogP contribution in [-0.2, 0) is 4.79 Å². The molecule has 3 aromatic rings. The van der Waals surface area contributed by atoms with Gasteiger partial charge in [0.05, 0.1) is 0 Å². The molecule has 26 heavy (non-hydrogen) atoms. The maximum Gasteiger partial charge on any atom is 0.222 e. The second kappa shape index (κ2) is 7.38. The molecule has 1 aromatic carbocycles. The second-order valence-electron chi connectivity index (χ2n) is 6.26. The number of hydrogen-bond donors (Lipinski definition) is 3. The molecule has 1 saturated heterocycles. The molecule has 1 aliphatic heterocycles. The van der Waals surface area contributed by atoms with Gasteiger partial charge in [-0.2, -0.15) is 4.98 Å². The third kappa shape index (κ3) is 3.58. The second-order valence-corrected chi connectivity index (χ2v) is 6.26.